The van der Waals surface area contributed by atoms with E-state index in [0.717, 1.165) is 5.56 Å². The Morgan fingerprint density at radius 1 is 1.31 bits per heavy atom. The van der Waals surface area contributed by atoms with Crippen molar-refractivity contribution in [2.75, 3.05) is 0 Å². The molecule has 1 aromatic rings. The molecule has 16 heavy (non-hydrogen) atoms. The van der Waals surface area contributed by atoms with Gasteiger partial charge in [-0.3, -0.25) is 4.79 Å². The second-order valence-electron chi connectivity index (χ2n) is 3.61. The summed E-state index contributed by atoms with van der Waals surface area (Å²) in [5.74, 6) is -0.833. The molecule has 1 amide bonds. The van der Waals surface area contributed by atoms with Crippen LogP contribution in [-0.4, -0.2) is 11.9 Å². The lowest BCUT2D eigenvalue weighted by Gasteiger charge is -2.08. The van der Waals surface area contributed by atoms with Gasteiger partial charge >= 0.3 is 0 Å². The van der Waals surface area contributed by atoms with E-state index >= 15 is 0 Å². The number of benzene rings is 1. The van der Waals surface area contributed by atoms with E-state index in [2.05, 4.69) is 5.32 Å². The summed E-state index contributed by atoms with van der Waals surface area (Å²) in [6.45, 7) is 9.46. The van der Waals surface area contributed by atoms with Crippen LogP contribution in [0.1, 0.15) is 43.6 Å². The quantitative estimate of drug-likeness (QED) is 0.822. The third-order valence-corrected chi connectivity index (χ3v) is 1.79. The maximum atomic E-state index is 13.3. The topological polar surface area (TPSA) is 29.1 Å². The minimum Gasteiger partial charge on any atom is -0.350 e. The molecule has 0 aliphatic carbocycles. The molecule has 2 nitrogen and oxygen atoms in total. The Bertz CT molecular complexity index is 348. The molecule has 0 spiro atoms. The molecule has 0 aromatic heterocycles. The van der Waals surface area contributed by atoms with Crippen LogP contribution in [0.2, 0.25) is 0 Å². The van der Waals surface area contributed by atoms with Crippen LogP contribution in [0.25, 0.3) is 0 Å². The van der Waals surface area contributed by atoms with Crippen molar-refractivity contribution in [3.8, 4) is 0 Å². The second kappa shape index (κ2) is 6.99. The molecule has 0 fully saturated rings. The van der Waals surface area contributed by atoms with Crippen molar-refractivity contribution in [3.05, 3.63) is 35.1 Å². The summed E-state index contributed by atoms with van der Waals surface area (Å²) >= 11 is 0. The lowest BCUT2D eigenvalue weighted by Crippen LogP contribution is -2.30. The number of carbonyl (C=O) groups is 1. The first-order valence-electron chi connectivity index (χ1n) is 5.57. The largest absolute Gasteiger partial charge is 0.350 e. The first-order valence-corrected chi connectivity index (χ1v) is 5.57. The summed E-state index contributed by atoms with van der Waals surface area (Å²) < 4.78 is 13.3. The van der Waals surface area contributed by atoms with Gasteiger partial charge in [0.05, 0.1) is 5.56 Å². The highest BCUT2D eigenvalue weighted by Crippen LogP contribution is 2.09. The predicted octanol–water partition coefficient (Wildman–Crippen LogP) is 3.30. The molecular formula is C13H20FNO. The summed E-state index contributed by atoms with van der Waals surface area (Å²) in [5, 5.41) is 2.64. The van der Waals surface area contributed by atoms with E-state index in [4.69, 9.17) is 0 Å². The van der Waals surface area contributed by atoms with Gasteiger partial charge in [-0.2, -0.15) is 0 Å². The van der Waals surface area contributed by atoms with Gasteiger partial charge < -0.3 is 5.32 Å². The number of hydrogen-bond acceptors (Lipinski definition) is 1. The fourth-order valence-corrected chi connectivity index (χ4v) is 1.14. The maximum Gasteiger partial charge on any atom is 0.254 e. The Balaban J connectivity index is 0.00000106. The molecule has 1 rings (SSSR count). The van der Waals surface area contributed by atoms with Gasteiger partial charge in [-0.25, -0.2) is 4.39 Å². The summed E-state index contributed by atoms with van der Waals surface area (Å²) in [4.78, 5) is 11.4. The number of halogens is 1. The normalized spacial score (nSPS) is 9.44. The lowest BCUT2D eigenvalue weighted by atomic mass is 10.1. The van der Waals surface area contributed by atoms with E-state index in [0.29, 0.717) is 0 Å². The summed E-state index contributed by atoms with van der Waals surface area (Å²) in [6.07, 6.45) is 0. The molecule has 0 saturated heterocycles. The lowest BCUT2D eigenvalue weighted by molar-refractivity contribution is 0.0939. The number of carbonyl (C=O) groups excluding carboxylic acids is 1. The Kier molecular flexibility index (Phi) is 6.38. The average molecular weight is 225 g/mol. The smallest absolute Gasteiger partial charge is 0.254 e. The molecule has 0 aliphatic rings. The van der Waals surface area contributed by atoms with Crippen LogP contribution in [0.4, 0.5) is 4.39 Å². The highest BCUT2D eigenvalue weighted by Gasteiger charge is 2.11. The number of rotatable bonds is 2. The highest BCUT2D eigenvalue weighted by molar-refractivity contribution is 5.94. The van der Waals surface area contributed by atoms with Gasteiger partial charge in [-0.1, -0.05) is 19.9 Å². The molecule has 1 N–H and O–H groups in total. The van der Waals surface area contributed by atoms with Gasteiger partial charge in [0.15, 0.2) is 0 Å². The molecule has 90 valence electrons. The van der Waals surface area contributed by atoms with Crippen molar-refractivity contribution in [1.29, 1.82) is 0 Å². The fourth-order valence-electron chi connectivity index (χ4n) is 1.14. The Hall–Kier alpha value is -1.38. The fraction of sp³-hybridized carbons (Fsp3) is 0.462. The van der Waals surface area contributed by atoms with E-state index in [1.807, 2.05) is 27.7 Å². The SMILES string of the molecule is CC.Cc1ccc(C(=O)NC(C)C)c(F)c1. The van der Waals surface area contributed by atoms with Crippen molar-refractivity contribution in [1.82, 2.24) is 5.32 Å². The van der Waals surface area contributed by atoms with Crippen molar-refractivity contribution >= 4 is 5.91 Å². The van der Waals surface area contributed by atoms with E-state index < -0.39 is 5.82 Å². The molecule has 0 heterocycles. The van der Waals surface area contributed by atoms with Gasteiger partial charge in [0.1, 0.15) is 5.82 Å². The number of nitrogens with one attached hydrogen (secondary N) is 1. The van der Waals surface area contributed by atoms with Crippen molar-refractivity contribution in [2.24, 2.45) is 0 Å². The van der Waals surface area contributed by atoms with E-state index in [9.17, 15) is 9.18 Å². The van der Waals surface area contributed by atoms with Gasteiger partial charge in [0, 0.05) is 6.04 Å². The molecule has 3 heteroatoms. The zero-order chi connectivity index (χ0) is 12.7. The van der Waals surface area contributed by atoms with E-state index in [-0.39, 0.29) is 17.5 Å². The number of hydrogen-bond donors (Lipinski definition) is 1. The summed E-state index contributed by atoms with van der Waals surface area (Å²) in [5.41, 5.74) is 0.910. The van der Waals surface area contributed by atoms with Gasteiger partial charge in [0.25, 0.3) is 5.91 Å². The molecule has 0 saturated carbocycles. The third kappa shape index (κ3) is 4.43. The Morgan fingerprint density at radius 2 is 1.88 bits per heavy atom. The minimum atomic E-state index is -0.469. The number of aryl methyl sites for hydroxylation is 1. The van der Waals surface area contributed by atoms with Gasteiger partial charge in [0.2, 0.25) is 0 Å². The number of amides is 1. The van der Waals surface area contributed by atoms with Crippen LogP contribution in [0.15, 0.2) is 18.2 Å². The van der Waals surface area contributed by atoms with Crippen LogP contribution in [-0.2, 0) is 0 Å². The molecule has 0 radical (unpaired) electrons. The molecule has 0 atom stereocenters. The minimum absolute atomic E-state index is 0.0169. The molecule has 0 unspecified atom stereocenters. The highest BCUT2D eigenvalue weighted by atomic mass is 19.1. The van der Waals surface area contributed by atoms with Crippen LogP contribution in [0, 0.1) is 12.7 Å². The maximum absolute atomic E-state index is 13.3. The standard InChI is InChI=1S/C11H14FNO.C2H6/c1-7(2)13-11(14)9-5-4-8(3)6-10(9)12;1-2/h4-7H,1-3H3,(H,13,14);1-2H3. The van der Waals surface area contributed by atoms with Crippen molar-refractivity contribution in [2.45, 2.75) is 40.7 Å². The van der Waals surface area contributed by atoms with Crippen LogP contribution >= 0.6 is 0 Å². The van der Waals surface area contributed by atoms with Gasteiger partial charge in [-0.05, 0) is 38.5 Å². The summed E-state index contributed by atoms with van der Waals surface area (Å²) in [7, 11) is 0. The zero-order valence-corrected chi connectivity index (χ0v) is 10.6. The molecule has 0 aliphatic heterocycles. The monoisotopic (exact) mass is 225 g/mol. The molecule has 0 bridgehead atoms. The van der Waals surface area contributed by atoms with E-state index in [1.54, 1.807) is 13.0 Å². The third-order valence-electron chi connectivity index (χ3n) is 1.79. The van der Waals surface area contributed by atoms with Crippen molar-refractivity contribution in [3.63, 3.8) is 0 Å². The first kappa shape index (κ1) is 14.6. The predicted molar refractivity (Wildman–Crippen MR) is 65.1 cm³/mol. The zero-order valence-electron chi connectivity index (χ0n) is 10.6. The van der Waals surface area contributed by atoms with Crippen LogP contribution in [0.3, 0.4) is 0 Å². The first-order chi connectivity index (χ1) is 7.50. The summed E-state index contributed by atoms with van der Waals surface area (Å²) in [6, 6.07) is 4.60. The Labute approximate surface area is 96.9 Å². The molecule has 1 aromatic carbocycles. The van der Waals surface area contributed by atoms with Crippen LogP contribution < -0.4 is 5.32 Å². The second-order valence-corrected chi connectivity index (χ2v) is 3.61. The van der Waals surface area contributed by atoms with Crippen LogP contribution in [0.5, 0.6) is 0 Å². The Morgan fingerprint density at radius 3 is 2.31 bits per heavy atom. The van der Waals surface area contributed by atoms with Gasteiger partial charge in [-0.15, -0.1) is 0 Å². The van der Waals surface area contributed by atoms with Crippen molar-refractivity contribution < 1.29 is 9.18 Å². The molecular weight excluding hydrogens is 205 g/mol. The average Bonchev–Trinajstić information content (AvgIpc) is 2.19. The van der Waals surface area contributed by atoms with E-state index in [1.165, 1.54) is 12.1 Å².